The molecule has 1 aromatic heterocycles. The molecule has 1 heterocycles. The minimum atomic E-state index is 0.550. The molecule has 0 fully saturated rings. The van der Waals surface area contributed by atoms with Crippen molar-refractivity contribution in [3.63, 3.8) is 0 Å². The molecule has 0 saturated heterocycles. The zero-order chi connectivity index (χ0) is 14.8. The lowest BCUT2D eigenvalue weighted by molar-refractivity contribution is 0.392. The van der Waals surface area contributed by atoms with Gasteiger partial charge in [-0.1, -0.05) is 19.9 Å². The number of methoxy groups -OCH3 is 1. The molecule has 0 aromatic carbocycles. The number of hydrogen-bond donors (Lipinski definition) is 2. The van der Waals surface area contributed by atoms with E-state index in [1.807, 2.05) is 12.1 Å². The first kappa shape index (κ1) is 16.3. The predicted molar refractivity (Wildman–Crippen MR) is 83.1 cm³/mol. The van der Waals surface area contributed by atoms with E-state index in [-0.39, 0.29) is 0 Å². The third kappa shape index (κ3) is 5.91. The number of nitrogens with one attached hydrogen (secondary N) is 2. The summed E-state index contributed by atoms with van der Waals surface area (Å²) in [5, 5.41) is 6.58. The molecule has 0 amide bonds. The van der Waals surface area contributed by atoms with Gasteiger partial charge in [0, 0.05) is 24.8 Å². The van der Waals surface area contributed by atoms with Crippen molar-refractivity contribution in [3.05, 3.63) is 23.9 Å². The molecule has 1 aromatic rings. The Kier molecular flexibility index (Phi) is 7.47. The fraction of sp³-hybridized carbons (Fsp3) is 0.600. The van der Waals surface area contributed by atoms with Gasteiger partial charge in [0.1, 0.15) is 0 Å². The molecule has 112 valence electrons. The maximum Gasteiger partial charge on any atom is 0.218 e. The number of pyridine rings is 1. The van der Waals surface area contributed by atoms with Crippen molar-refractivity contribution in [1.82, 2.24) is 15.6 Å². The summed E-state index contributed by atoms with van der Waals surface area (Å²) >= 11 is 0. The molecular formula is C15H26N4O. The van der Waals surface area contributed by atoms with Crippen LogP contribution in [0.5, 0.6) is 5.88 Å². The highest BCUT2D eigenvalue weighted by Crippen LogP contribution is 2.14. The number of rotatable bonds is 7. The van der Waals surface area contributed by atoms with Crippen molar-refractivity contribution >= 4 is 5.96 Å². The molecule has 1 rings (SSSR count). The molecule has 0 aliphatic rings. The Bertz CT molecular complexity index is 418. The highest BCUT2D eigenvalue weighted by atomic mass is 16.5. The summed E-state index contributed by atoms with van der Waals surface area (Å²) < 4.78 is 5.23. The summed E-state index contributed by atoms with van der Waals surface area (Å²) in [6, 6.07) is 3.87. The van der Waals surface area contributed by atoms with Crippen molar-refractivity contribution in [2.45, 2.75) is 33.7 Å². The van der Waals surface area contributed by atoms with Gasteiger partial charge in [0.25, 0.3) is 0 Å². The summed E-state index contributed by atoms with van der Waals surface area (Å²) in [4.78, 5) is 8.74. The standard InChI is InChI=1S/C15H26N4O/c1-5-16-15(18-10-8-12(2)3)19-11-13-7-6-9-17-14(13)20-4/h6-7,9,12H,5,8,10-11H2,1-4H3,(H2,16,18,19). The van der Waals surface area contributed by atoms with Crippen LogP contribution in [0.2, 0.25) is 0 Å². The van der Waals surface area contributed by atoms with E-state index >= 15 is 0 Å². The second kappa shape index (κ2) is 9.18. The van der Waals surface area contributed by atoms with Gasteiger partial charge in [0.15, 0.2) is 5.96 Å². The summed E-state index contributed by atoms with van der Waals surface area (Å²) in [5.41, 5.74) is 0.982. The molecule has 5 heteroatoms. The predicted octanol–water partition coefficient (Wildman–Crippen LogP) is 2.19. The molecule has 0 bridgehead atoms. The fourth-order valence-corrected chi connectivity index (χ4v) is 1.71. The first-order chi connectivity index (χ1) is 9.67. The minimum Gasteiger partial charge on any atom is -0.481 e. The van der Waals surface area contributed by atoms with Gasteiger partial charge in [-0.15, -0.1) is 0 Å². The average molecular weight is 278 g/mol. The van der Waals surface area contributed by atoms with Crippen LogP contribution in [0.25, 0.3) is 0 Å². The summed E-state index contributed by atoms with van der Waals surface area (Å²) in [6.45, 7) is 8.81. The molecule has 0 atom stereocenters. The van der Waals surface area contributed by atoms with Crippen LogP contribution in [-0.2, 0) is 6.54 Å². The lowest BCUT2D eigenvalue weighted by Gasteiger charge is -2.12. The van der Waals surface area contributed by atoms with Crippen molar-refractivity contribution < 1.29 is 4.74 Å². The van der Waals surface area contributed by atoms with Crippen LogP contribution in [0.1, 0.15) is 32.8 Å². The summed E-state index contributed by atoms with van der Waals surface area (Å²) in [6.07, 6.45) is 2.85. The number of nitrogens with zero attached hydrogens (tertiary/aromatic N) is 2. The van der Waals surface area contributed by atoms with Gasteiger partial charge in [-0.25, -0.2) is 9.98 Å². The number of ether oxygens (including phenoxy) is 1. The van der Waals surface area contributed by atoms with E-state index in [4.69, 9.17) is 4.74 Å². The second-order valence-corrected chi connectivity index (χ2v) is 4.98. The van der Waals surface area contributed by atoms with Crippen LogP contribution >= 0.6 is 0 Å². The van der Waals surface area contributed by atoms with Gasteiger partial charge in [-0.05, 0) is 25.3 Å². The van der Waals surface area contributed by atoms with E-state index in [2.05, 4.69) is 41.4 Å². The first-order valence-electron chi connectivity index (χ1n) is 7.17. The molecule has 0 saturated carbocycles. The molecule has 0 radical (unpaired) electrons. The molecule has 0 aliphatic heterocycles. The second-order valence-electron chi connectivity index (χ2n) is 4.98. The smallest absolute Gasteiger partial charge is 0.218 e. The zero-order valence-corrected chi connectivity index (χ0v) is 12.9. The Hall–Kier alpha value is -1.78. The van der Waals surface area contributed by atoms with E-state index in [0.717, 1.165) is 31.0 Å². The maximum absolute atomic E-state index is 5.23. The van der Waals surface area contributed by atoms with E-state index in [0.29, 0.717) is 18.3 Å². The Morgan fingerprint density at radius 2 is 2.20 bits per heavy atom. The summed E-state index contributed by atoms with van der Waals surface area (Å²) in [5.74, 6) is 2.15. The molecule has 2 N–H and O–H groups in total. The van der Waals surface area contributed by atoms with E-state index in [1.165, 1.54) is 0 Å². The number of hydrogen-bond acceptors (Lipinski definition) is 3. The third-order valence-electron chi connectivity index (χ3n) is 2.81. The topological polar surface area (TPSA) is 58.5 Å². The highest BCUT2D eigenvalue weighted by Gasteiger charge is 2.03. The van der Waals surface area contributed by atoms with Gasteiger partial charge in [-0.2, -0.15) is 0 Å². The van der Waals surface area contributed by atoms with Crippen molar-refractivity contribution in [3.8, 4) is 5.88 Å². The van der Waals surface area contributed by atoms with Crippen LogP contribution in [0, 0.1) is 5.92 Å². The fourth-order valence-electron chi connectivity index (χ4n) is 1.71. The Morgan fingerprint density at radius 3 is 2.85 bits per heavy atom. The molecule has 5 nitrogen and oxygen atoms in total. The third-order valence-corrected chi connectivity index (χ3v) is 2.81. The normalized spacial score (nSPS) is 11.6. The lowest BCUT2D eigenvalue weighted by Crippen LogP contribution is -2.38. The Morgan fingerprint density at radius 1 is 1.40 bits per heavy atom. The van der Waals surface area contributed by atoms with E-state index in [9.17, 15) is 0 Å². The monoisotopic (exact) mass is 278 g/mol. The van der Waals surface area contributed by atoms with Crippen LogP contribution in [0.4, 0.5) is 0 Å². The van der Waals surface area contributed by atoms with Gasteiger partial charge >= 0.3 is 0 Å². The van der Waals surface area contributed by atoms with Gasteiger partial charge in [0.2, 0.25) is 5.88 Å². The van der Waals surface area contributed by atoms with Crippen molar-refractivity contribution in [1.29, 1.82) is 0 Å². The van der Waals surface area contributed by atoms with Crippen LogP contribution in [0.3, 0.4) is 0 Å². The molecule has 0 unspecified atom stereocenters. The Balaban J connectivity index is 2.61. The SMILES string of the molecule is CCNC(=NCc1cccnc1OC)NCCC(C)C. The zero-order valence-electron chi connectivity index (χ0n) is 12.9. The number of guanidine groups is 1. The van der Waals surface area contributed by atoms with Gasteiger partial charge < -0.3 is 15.4 Å². The quantitative estimate of drug-likeness (QED) is 0.593. The molecular weight excluding hydrogens is 252 g/mol. The average Bonchev–Trinajstić information content (AvgIpc) is 2.44. The largest absolute Gasteiger partial charge is 0.481 e. The molecule has 0 aliphatic carbocycles. The first-order valence-corrected chi connectivity index (χ1v) is 7.17. The van der Waals surface area contributed by atoms with E-state index < -0.39 is 0 Å². The van der Waals surface area contributed by atoms with Crippen molar-refractivity contribution in [2.24, 2.45) is 10.9 Å². The van der Waals surface area contributed by atoms with Crippen LogP contribution in [-0.4, -0.2) is 31.1 Å². The number of aromatic nitrogens is 1. The van der Waals surface area contributed by atoms with Gasteiger partial charge in [-0.3, -0.25) is 0 Å². The minimum absolute atomic E-state index is 0.550. The highest BCUT2D eigenvalue weighted by molar-refractivity contribution is 5.79. The maximum atomic E-state index is 5.23. The lowest BCUT2D eigenvalue weighted by atomic mass is 10.1. The molecule has 20 heavy (non-hydrogen) atoms. The van der Waals surface area contributed by atoms with Crippen LogP contribution in [0.15, 0.2) is 23.3 Å². The van der Waals surface area contributed by atoms with Gasteiger partial charge in [0.05, 0.1) is 13.7 Å². The molecule has 0 spiro atoms. The van der Waals surface area contributed by atoms with Crippen LogP contribution < -0.4 is 15.4 Å². The van der Waals surface area contributed by atoms with Crippen molar-refractivity contribution in [2.75, 3.05) is 20.2 Å². The Labute approximate surface area is 121 Å². The number of aliphatic imine (C=N–C) groups is 1. The van der Waals surface area contributed by atoms with E-state index in [1.54, 1.807) is 13.3 Å². The summed E-state index contributed by atoms with van der Waals surface area (Å²) in [7, 11) is 1.63.